The van der Waals surface area contributed by atoms with Gasteiger partial charge >= 0.3 is 5.97 Å². The number of esters is 1. The number of anilines is 2. The zero-order chi connectivity index (χ0) is 24.3. The third kappa shape index (κ3) is 4.09. The Kier molecular flexibility index (Phi) is 6.38. The Morgan fingerprint density at radius 2 is 2.09 bits per heavy atom. The van der Waals surface area contributed by atoms with E-state index in [0.29, 0.717) is 0 Å². The van der Waals surface area contributed by atoms with Gasteiger partial charge in [-0.1, -0.05) is 18.2 Å². The number of carbonyl (C=O) groups is 2. The van der Waals surface area contributed by atoms with E-state index in [0.717, 1.165) is 0 Å². The average molecular weight is 453 g/mol. The minimum absolute atomic E-state index is 0.0168. The Morgan fingerprint density at radius 3 is 2.70 bits per heavy atom. The van der Waals surface area contributed by atoms with Crippen LogP contribution in [-0.4, -0.2) is 33.7 Å². The van der Waals surface area contributed by atoms with Crippen molar-refractivity contribution in [2.24, 2.45) is 5.73 Å². The van der Waals surface area contributed by atoms with Crippen LogP contribution in [0.15, 0.2) is 51.6 Å². The number of allylic oxidation sites excluding steroid dienone is 2. The Morgan fingerprint density at radius 1 is 1.39 bits per heavy atom. The Labute approximate surface area is 187 Å². The molecule has 3 rings (SSSR count). The normalized spacial score (nSPS) is 15.8. The van der Waals surface area contributed by atoms with Crippen LogP contribution in [0.5, 0.6) is 0 Å². The quantitative estimate of drug-likeness (QED) is 0.370. The van der Waals surface area contributed by atoms with Gasteiger partial charge in [-0.15, -0.1) is 0 Å². The highest BCUT2D eigenvalue weighted by Crippen LogP contribution is 2.45. The number of nitrogens with two attached hydrogens (primary N) is 1. The minimum atomic E-state index is -1.18. The van der Waals surface area contributed by atoms with Crippen molar-refractivity contribution in [3.63, 3.8) is 0 Å². The summed E-state index contributed by atoms with van der Waals surface area (Å²) in [5, 5.41) is 31.5. The highest BCUT2D eigenvalue weighted by atomic mass is 16.6. The fraction of sp³-hybridized carbons (Fsp3) is 0.250. The molecule has 0 radical (unpaired) electrons. The number of nitro groups is 1. The van der Waals surface area contributed by atoms with Crippen molar-refractivity contribution in [2.75, 3.05) is 16.8 Å². The largest absolute Gasteiger partial charge is 0.463 e. The van der Waals surface area contributed by atoms with E-state index in [1.54, 1.807) is 13.0 Å². The Balaban J connectivity index is 2.33. The molecule has 0 saturated carbocycles. The Bertz CT molecular complexity index is 1240. The van der Waals surface area contributed by atoms with Crippen LogP contribution >= 0.6 is 0 Å². The molecule has 1 aliphatic heterocycles. The van der Waals surface area contributed by atoms with Crippen molar-refractivity contribution in [1.29, 1.82) is 5.26 Å². The molecule has 1 atom stereocenters. The van der Waals surface area contributed by atoms with Crippen molar-refractivity contribution >= 4 is 29.2 Å². The number of hydrogen-bond acceptors (Lipinski definition) is 11. The summed E-state index contributed by atoms with van der Waals surface area (Å²) in [6.45, 7) is 4.36. The van der Waals surface area contributed by atoms with E-state index in [1.165, 1.54) is 36.9 Å². The third-order valence-corrected chi connectivity index (χ3v) is 4.86. The predicted molar refractivity (Wildman–Crippen MR) is 113 cm³/mol. The number of benzene rings is 1. The summed E-state index contributed by atoms with van der Waals surface area (Å²) in [5.74, 6) is -2.83. The third-order valence-electron chi connectivity index (χ3n) is 4.86. The molecule has 2 heterocycles. The lowest BCUT2D eigenvalue weighted by atomic mass is 9.80. The molecule has 0 spiro atoms. The number of nitriles is 1. The van der Waals surface area contributed by atoms with Gasteiger partial charge in [-0.05, 0) is 24.2 Å². The Hall–Kier alpha value is -4.73. The zero-order valence-corrected chi connectivity index (χ0v) is 17.9. The van der Waals surface area contributed by atoms with Crippen molar-refractivity contribution < 1.29 is 23.9 Å². The van der Waals surface area contributed by atoms with Crippen LogP contribution in [0.1, 0.15) is 32.3 Å². The van der Waals surface area contributed by atoms with Crippen LogP contribution in [0.3, 0.4) is 0 Å². The highest BCUT2D eigenvalue weighted by Gasteiger charge is 2.42. The van der Waals surface area contributed by atoms with E-state index in [1.807, 2.05) is 6.07 Å². The van der Waals surface area contributed by atoms with Gasteiger partial charge in [0.25, 0.3) is 5.69 Å². The molecule has 1 unspecified atom stereocenters. The lowest BCUT2D eigenvalue weighted by Crippen LogP contribution is -2.37. The van der Waals surface area contributed by atoms with Crippen molar-refractivity contribution in [1.82, 2.24) is 10.3 Å². The monoisotopic (exact) mass is 453 g/mol. The van der Waals surface area contributed by atoms with E-state index in [9.17, 15) is 25.0 Å². The van der Waals surface area contributed by atoms with Crippen molar-refractivity contribution in [3.05, 3.63) is 62.6 Å². The molecule has 3 N–H and O–H groups in total. The second-order valence-electron chi connectivity index (χ2n) is 6.83. The number of para-hydroxylation sites is 1. The van der Waals surface area contributed by atoms with Gasteiger partial charge in [0.2, 0.25) is 17.5 Å². The number of aromatic nitrogens is 2. The number of amides is 1. The van der Waals surface area contributed by atoms with Crippen LogP contribution < -0.4 is 16.0 Å². The molecule has 0 fully saturated rings. The lowest BCUT2D eigenvalue weighted by molar-refractivity contribution is -0.385. The summed E-state index contributed by atoms with van der Waals surface area (Å²) in [4.78, 5) is 36.9. The smallest absolute Gasteiger partial charge is 0.336 e. The summed E-state index contributed by atoms with van der Waals surface area (Å²) in [6.07, 6.45) is 0. The minimum Gasteiger partial charge on any atom is -0.463 e. The summed E-state index contributed by atoms with van der Waals surface area (Å²) in [7, 11) is 0. The first-order valence-electron chi connectivity index (χ1n) is 9.64. The van der Waals surface area contributed by atoms with E-state index < -0.39 is 22.7 Å². The molecular weight excluding hydrogens is 434 g/mol. The van der Waals surface area contributed by atoms with Crippen LogP contribution in [0.4, 0.5) is 17.3 Å². The number of nitrogens with zero attached hydrogens (tertiary/aromatic N) is 5. The fourth-order valence-corrected chi connectivity index (χ4v) is 3.58. The number of hydrogen-bond donors (Lipinski definition) is 2. The van der Waals surface area contributed by atoms with Gasteiger partial charge in [0, 0.05) is 24.3 Å². The molecule has 0 saturated heterocycles. The molecule has 33 heavy (non-hydrogen) atoms. The second-order valence-corrected chi connectivity index (χ2v) is 6.83. The number of ether oxygens (including phenoxy) is 1. The van der Waals surface area contributed by atoms with Crippen molar-refractivity contribution in [2.45, 2.75) is 26.7 Å². The van der Waals surface area contributed by atoms with E-state index in [4.69, 9.17) is 15.1 Å². The molecule has 0 bridgehead atoms. The molecular formula is C20H19N7O6. The molecule has 0 aliphatic carbocycles. The number of nitrogens with one attached hydrogen (secondary N) is 1. The van der Waals surface area contributed by atoms with Gasteiger partial charge in [0.05, 0.1) is 34.7 Å². The summed E-state index contributed by atoms with van der Waals surface area (Å²) >= 11 is 0. The first kappa shape index (κ1) is 22.9. The van der Waals surface area contributed by atoms with Gasteiger partial charge in [-0.25, -0.2) is 9.42 Å². The predicted octanol–water partition coefficient (Wildman–Crippen LogP) is 2.07. The van der Waals surface area contributed by atoms with E-state index >= 15 is 0 Å². The van der Waals surface area contributed by atoms with Gasteiger partial charge in [-0.2, -0.15) is 5.26 Å². The van der Waals surface area contributed by atoms with Crippen LogP contribution in [0.2, 0.25) is 0 Å². The molecule has 2 aromatic rings. The number of nitro benzene ring substituents is 1. The van der Waals surface area contributed by atoms with Crippen molar-refractivity contribution in [3.8, 4) is 6.07 Å². The molecule has 13 nitrogen and oxygen atoms in total. The lowest BCUT2D eigenvalue weighted by Gasteiger charge is -2.34. The van der Waals surface area contributed by atoms with Crippen LogP contribution in [-0.2, 0) is 14.3 Å². The molecule has 1 aliphatic rings. The molecule has 1 amide bonds. The first-order chi connectivity index (χ1) is 15.7. The standard InChI is InChI=1S/C20H19N7O6/c1-4-32-20(29)15-10(2)26(19-18(23-11(3)28)24-33-25-19)17(22)13(9-21)16(15)12-7-5-6-8-14(12)27(30)31/h5-8,16H,4,22H2,1-3H3,(H,23,24,28). The van der Waals surface area contributed by atoms with Crippen LogP contribution in [0, 0.1) is 21.4 Å². The maximum absolute atomic E-state index is 13.0. The van der Waals surface area contributed by atoms with Crippen LogP contribution in [0.25, 0.3) is 0 Å². The summed E-state index contributed by atoms with van der Waals surface area (Å²) < 4.78 is 9.92. The number of carbonyl (C=O) groups excluding carboxylic acids is 2. The van der Waals surface area contributed by atoms with E-state index in [-0.39, 0.29) is 52.2 Å². The summed E-state index contributed by atoms with van der Waals surface area (Å²) in [6, 6.07) is 7.68. The van der Waals surface area contributed by atoms with Gasteiger partial charge in [0.15, 0.2) is 0 Å². The highest BCUT2D eigenvalue weighted by molar-refractivity contribution is 5.96. The topological polar surface area (TPSA) is 191 Å². The average Bonchev–Trinajstić information content (AvgIpc) is 3.20. The SMILES string of the molecule is CCOC(=O)C1=C(C)N(c2nonc2NC(C)=O)C(N)=C(C#N)C1c1ccccc1[N+](=O)[O-]. The number of rotatable bonds is 6. The maximum Gasteiger partial charge on any atom is 0.336 e. The fourth-order valence-electron chi connectivity index (χ4n) is 3.58. The molecule has 1 aromatic carbocycles. The second kappa shape index (κ2) is 9.18. The molecule has 1 aromatic heterocycles. The molecule has 170 valence electrons. The molecule has 13 heteroatoms. The summed E-state index contributed by atoms with van der Waals surface area (Å²) in [5.41, 5.74) is 6.04. The zero-order valence-electron chi connectivity index (χ0n) is 17.9. The van der Waals surface area contributed by atoms with Gasteiger partial charge in [0.1, 0.15) is 5.82 Å². The van der Waals surface area contributed by atoms with Gasteiger partial charge in [-0.3, -0.25) is 19.8 Å². The van der Waals surface area contributed by atoms with Gasteiger partial charge < -0.3 is 15.8 Å². The van der Waals surface area contributed by atoms with E-state index in [2.05, 4.69) is 15.6 Å². The maximum atomic E-state index is 13.0. The first-order valence-corrected chi connectivity index (χ1v) is 9.64.